The van der Waals surface area contributed by atoms with Gasteiger partial charge in [0.2, 0.25) is 0 Å². The van der Waals surface area contributed by atoms with Crippen molar-refractivity contribution in [3.05, 3.63) is 23.8 Å². The summed E-state index contributed by atoms with van der Waals surface area (Å²) in [7, 11) is 0. The summed E-state index contributed by atoms with van der Waals surface area (Å²) in [4.78, 5) is 20.4. The van der Waals surface area contributed by atoms with Crippen molar-refractivity contribution in [3.8, 4) is 0 Å². The molecule has 0 aromatic heterocycles. The molecule has 0 heterocycles. The highest BCUT2D eigenvalue weighted by Gasteiger charge is 1.96. The standard InChI is InChI=1S/C9H12O4/c1-2-3-7(6-9(12)13)4-5-8(10)11/h4-6H,2-3H2,1H3,(H,10,11)(H,12,13). The Kier molecular flexibility index (Phi) is 5.27. The van der Waals surface area contributed by atoms with Crippen LogP contribution in [0.5, 0.6) is 0 Å². The van der Waals surface area contributed by atoms with Gasteiger partial charge < -0.3 is 10.2 Å². The molecule has 0 unspecified atom stereocenters. The molecule has 13 heavy (non-hydrogen) atoms. The van der Waals surface area contributed by atoms with Crippen LogP contribution in [0.25, 0.3) is 0 Å². The highest BCUT2D eigenvalue weighted by Crippen LogP contribution is 2.06. The maximum Gasteiger partial charge on any atom is 0.328 e. The second kappa shape index (κ2) is 5.99. The van der Waals surface area contributed by atoms with E-state index in [1.807, 2.05) is 6.92 Å². The van der Waals surface area contributed by atoms with Crippen molar-refractivity contribution in [2.24, 2.45) is 0 Å². The van der Waals surface area contributed by atoms with E-state index >= 15 is 0 Å². The van der Waals surface area contributed by atoms with Crippen molar-refractivity contribution < 1.29 is 19.8 Å². The van der Waals surface area contributed by atoms with E-state index < -0.39 is 11.9 Å². The minimum absolute atomic E-state index is 0.511. The molecule has 0 aromatic carbocycles. The topological polar surface area (TPSA) is 74.6 Å². The molecule has 0 rings (SSSR count). The van der Waals surface area contributed by atoms with Gasteiger partial charge in [-0.15, -0.1) is 0 Å². The van der Waals surface area contributed by atoms with Crippen LogP contribution >= 0.6 is 0 Å². The van der Waals surface area contributed by atoms with Crippen LogP contribution < -0.4 is 0 Å². The number of allylic oxidation sites excluding steroid dienone is 2. The normalized spacial score (nSPS) is 11.9. The van der Waals surface area contributed by atoms with Crippen LogP contribution in [-0.2, 0) is 9.59 Å². The predicted octanol–water partition coefficient (Wildman–Crippen LogP) is 1.44. The third-order valence-corrected chi connectivity index (χ3v) is 1.29. The highest BCUT2D eigenvalue weighted by atomic mass is 16.4. The van der Waals surface area contributed by atoms with Gasteiger partial charge in [0, 0.05) is 12.2 Å². The number of hydrogen-bond acceptors (Lipinski definition) is 2. The van der Waals surface area contributed by atoms with Gasteiger partial charge in [-0.2, -0.15) is 0 Å². The van der Waals surface area contributed by atoms with Crippen molar-refractivity contribution in [1.82, 2.24) is 0 Å². The largest absolute Gasteiger partial charge is 0.478 e. The van der Waals surface area contributed by atoms with E-state index in [2.05, 4.69) is 0 Å². The molecule has 0 saturated carbocycles. The van der Waals surface area contributed by atoms with Crippen LogP contribution in [0.2, 0.25) is 0 Å². The lowest BCUT2D eigenvalue weighted by molar-refractivity contribution is -0.132. The first-order valence-corrected chi connectivity index (χ1v) is 3.90. The Hall–Kier alpha value is -1.58. The summed E-state index contributed by atoms with van der Waals surface area (Å²) in [5, 5.41) is 16.7. The second-order valence-electron chi connectivity index (χ2n) is 2.48. The Bertz CT molecular complexity index is 250. The zero-order valence-corrected chi connectivity index (χ0v) is 7.36. The van der Waals surface area contributed by atoms with Gasteiger partial charge in [0.15, 0.2) is 0 Å². The number of carboxylic acid groups (broad SMARTS) is 2. The molecule has 0 aliphatic carbocycles. The molecular formula is C9H12O4. The molecule has 0 bridgehead atoms. The first-order valence-electron chi connectivity index (χ1n) is 3.90. The SMILES string of the molecule is CCCC(C=CC(=O)O)=CC(=O)O. The monoisotopic (exact) mass is 184 g/mol. The van der Waals surface area contributed by atoms with E-state index in [-0.39, 0.29) is 0 Å². The fourth-order valence-electron chi connectivity index (χ4n) is 0.829. The van der Waals surface area contributed by atoms with Gasteiger partial charge in [0.25, 0.3) is 0 Å². The molecule has 0 aliphatic rings. The Balaban J connectivity index is 4.42. The van der Waals surface area contributed by atoms with E-state index in [9.17, 15) is 9.59 Å². The van der Waals surface area contributed by atoms with Crippen LogP contribution in [0.4, 0.5) is 0 Å². The predicted molar refractivity (Wildman–Crippen MR) is 47.4 cm³/mol. The summed E-state index contributed by atoms with van der Waals surface area (Å²) in [5.41, 5.74) is 0.511. The maximum absolute atomic E-state index is 10.3. The van der Waals surface area contributed by atoms with Crippen LogP contribution in [0.15, 0.2) is 23.8 Å². The van der Waals surface area contributed by atoms with Crippen molar-refractivity contribution in [1.29, 1.82) is 0 Å². The molecule has 72 valence electrons. The minimum Gasteiger partial charge on any atom is -0.478 e. The number of carboxylic acids is 2. The quantitative estimate of drug-likeness (QED) is 0.500. The molecule has 0 aliphatic heterocycles. The Labute approximate surface area is 76.2 Å². The molecule has 0 amide bonds. The van der Waals surface area contributed by atoms with E-state index in [0.29, 0.717) is 12.0 Å². The van der Waals surface area contributed by atoms with Crippen LogP contribution in [-0.4, -0.2) is 22.2 Å². The lowest BCUT2D eigenvalue weighted by atomic mass is 10.1. The number of hydrogen-bond donors (Lipinski definition) is 2. The van der Waals surface area contributed by atoms with E-state index in [4.69, 9.17) is 10.2 Å². The van der Waals surface area contributed by atoms with E-state index in [1.54, 1.807) is 0 Å². The first kappa shape index (κ1) is 11.4. The van der Waals surface area contributed by atoms with Crippen molar-refractivity contribution >= 4 is 11.9 Å². The lowest BCUT2D eigenvalue weighted by Gasteiger charge is -1.95. The van der Waals surface area contributed by atoms with Crippen LogP contribution in [0, 0.1) is 0 Å². The molecule has 0 saturated heterocycles. The Morgan fingerprint density at radius 2 is 1.77 bits per heavy atom. The summed E-state index contributed by atoms with van der Waals surface area (Å²) in [6, 6.07) is 0. The van der Waals surface area contributed by atoms with Gasteiger partial charge >= 0.3 is 11.9 Å². The van der Waals surface area contributed by atoms with Crippen molar-refractivity contribution in [2.75, 3.05) is 0 Å². The molecule has 0 aromatic rings. The molecule has 4 heteroatoms. The summed E-state index contributed by atoms with van der Waals surface area (Å²) in [5.74, 6) is -2.13. The summed E-state index contributed by atoms with van der Waals surface area (Å²) in [6.45, 7) is 1.89. The van der Waals surface area contributed by atoms with Gasteiger partial charge in [-0.1, -0.05) is 19.4 Å². The molecule has 4 nitrogen and oxygen atoms in total. The third kappa shape index (κ3) is 6.80. The summed E-state index contributed by atoms with van der Waals surface area (Å²) >= 11 is 0. The Morgan fingerprint density at radius 3 is 2.15 bits per heavy atom. The van der Waals surface area contributed by atoms with E-state index in [0.717, 1.165) is 18.6 Å². The van der Waals surface area contributed by atoms with Gasteiger partial charge in [-0.25, -0.2) is 9.59 Å². The number of aliphatic carboxylic acids is 2. The fourth-order valence-corrected chi connectivity index (χ4v) is 0.829. The molecule has 0 spiro atoms. The summed E-state index contributed by atoms with van der Waals surface area (Å²) < 4.78 is 0. The van der Waals surface area contributed by atoms with Crippen molar-refractivity contribution in [3.63, 3.8) is 0 Å². The Morgan fingerprint density at radius 1 is 1.15 bits per heavy atom. The van der Waals surface area contributed by atoms with Gasteiger partial charge in [-0.3, -0.25) is 0 Å². The number of carbonyl (C=O) groups is 2. The minimum atomic E-state index is -1.08. The van der Waals surface area contributed by atoms with Crippen LogP contribution in [0.1, 0.15) is 19.8 Å². The van der Waals surface area contributed by atoms with Gasteiger partial charge in [-0.05, 0) is 12.0 Å². The van der Waals surface area contributed by atoms with Crippen molar-refractivity contribution in [2.45, 2.75) is 19.8 Å². The van der Waals surface area contributed by atoms with Gasteiger partial charge in [0.1, 0.15) is 0 Å². The summed E-state index contributed by atoms with van der Waals surface area (Å²) in [6.07, 6.45) is 4.60. The maximum atomic E-state index is 10.3. The molecule has 0 atom stereocenters. The number of rotatable bonds is 5. The van der Waals surface area contributed by atoms with E-state index in [1.165, 1.54) is 6.08 Å². The first-order chi connectivity index (χ1) is 6.06. The zero-order valence-electron chi connectivity index (χ0n) is 7.36. The average Bonchev–Trinajstić information content (AvgIpc) is 1.99. The molecule has 0 fully saturated rings. The zero-order chi connectivity index (χ0) is 10.3. The highest BCUT2D eigenvalue weighted by molar-refractivity contribution is 5.83. The van der Waals surface area contributed by atoms with Crippen LogP contribution in [0.3, 0.4) is 0 Å². The third-order valence-electron chi connectivity index (χ3n) is 1.29. The fraction of sp³-hybridized carbons (Fsp3) is 0.333. The molecular weight excluding hydrogens is 172 g/mol. The second-order valence-corrected chi connectivity index (χ2v) is 2.48. The average molecular weight is 184 g/mol. The van der Waals surface area contributed by atoms with Gasteiger partial charge in [0.05, 0.1) is 0 Å². The molecule has 0 radical (unpaired) electrons. The lowest BCUT2D eigenvalue weighted by Crippen LogP contribution is -1.92. The smallest absolute Gasteiger partial charge is 0.328 e. The molecule has 2 N–H and O–H groups in total.